The van der Waals surface area contributed by atoms with Gasteiger partial charge in [-0.15, -0.1) is 0 Å². The van der Waals surface area contributed by atoms with E-state index in [-0.39, 0.29) is 0 Å². The molecule has 0 amide bonds. The summed E-state index contributed by atoms with van der Waals surface area (Å²) in [4.78, 5) is 5.60. The lowest BCUT2D eigenvalue weighted by atomic mass is 9.80. The Bertz CT molecular complexity index is 278. The molecule has 4 unspecified atom stereocenters. The van der Waals surface area contributed by atoms with E-state index in [0.29, 0.717) is 0 Å². The first-order valence-corrected chi connectivity index (χ1v) is 8.25. The maximum absolute atomic E-state index is 2.85. The minimum atomic E-state index is 0.794. The van der Waals surface area contributed by atoms with Crippen LogP contribution in [0.25, 0.3) is 0 Å². The third-order valence-corrected chi connectivity index (χ3v) is 5.76. The van der Waals surface area contributed by atoms with Crippen molar-refractivity contribution in [3.63, 3.8) is 0 Å². The molecule has 1 aliphatic carbocycles. The zero-order valence-electron chi connectivity index (χ0n) is 12.3. The summed E-state index contributed by atoms with van der Waals surface area (Å²) in [5, 5.41) is 0. The van der Waals surface area contributed by atoms with Gasteiger partial charge >= 0.3 is 0 Å². The van der Waals surface area contributed by atoms with E-state index in [1.165, 1.54) is 64.6 Å². The fourth-order valence-corrected chi connectivity index (χ4v) is 4.54. The Hall–Kier alpha value is -0.0800. The van der Waals surface area contributed by atoms with Crippen LogP contribution < -0.4 is 0 Å². The summed E-state index contributed by atoms with van der Waals surface area (Å²) in [6, 6.07) is 0.794. The molecular formula is C16H30N2. The van der Waals surface area contributed by atoms with E-state index in [0.717, 1.165) is 24.0 Å². The van der Waals surface area contributed by atoms with E-state index in [1.807, 2.05) is 0 Å². The molecular weight excluding hydrogens is 220 g/mol. The number of fused-ring (bicyclic) bond motifs is 1. The van der Waals surface area contributed by atoms with Crippen LogP contribution in [0.1, 0.15) is 58.8 Å². The van der Waals surface area contributed by atoms with Crippen LogP contribution in [-0.4, -0.2) is 41.6 Å². The number of nitrogens with zero attached hydrogens (tertiary/aromatic N) is 2. The predicted molar refractivity (Wildman–Crippen MR) is 76.5 cm³/mol. The number of hydrogen-bond acceptors (Lipinski definition) is 2. The molecule has 4 atom stereocenters. The maximum atomic E-state index is 2.85. The smallest absolute Gasteiger partial charge is 0.0625 e. The average molecular weight is 250 g/mol. The van der Waals surface area contributed by atoms with Crippen molar-refractivity contribution in [3.05, 3.63) is 0 Å². The van der Waals surface area contributed by atoms with E-state index in [1.54, 1.807) is 0 Å². The molecule has 0 aromatic heterocycles. The van der Waals surface area contributed by atoms with Crippen molar-refractivity contribution in [2.75, 3.05) is 19.6 Å². The molecule has 3 fully saturated rings. The summed E-state index contributed by atoms with van der Waals surface area (Å²) in [5.74, 6) is 1.94. The first-order chi connectivity index (χ1) is 8.75. The average Bonchev–Trinajstić information content (AvgIpc) is 2.69. The number of rotatable bonds is 2. The predicted octanol–water partition coefficient (Wildman–Crippen LogP) is 3.33. The normalized spacial score (nSPS) is 43.0. The van der Waals surface area contributed by atoms with Crippen molar-refractivity contribution >= 4 is 0 Å². The SMILES string of the molecule is CC1CCCCC1CN1C(C)CN2CCCCC21. The molecule has 2 heterocycles. The summed E-state index contributed by atoms with van der Waals surface area (Å²) in [7, 11) is 0. The molecule has 3 rings (SSSR count). The van der Waals surface area contributed by atoms with Gasteiger partial charge in [0.25, 0.3) is 0 Å². The highest BCUT2D eigenvalue weighted by Crippen LogP contribution is 2.34. The molecule has 3 aliphatic rings. The van der Waals surface area contributed by atoms with Gasteiger partial charge < -0.3 is 0 Å². The van der Waals surface area contributed by atoms with Crippen LogP contribution in [-0.2, 0) is 0 Å². The van der Waals surface area contributed by atoms with Crippen LogP contribution in [0, 0.1) is 11.8 Å². The van der Waals surface area contributed by atoms with Gasteiger partial charge in [0, 0.05) is 19.1 Å². The first kappa shape index (κ1) is 12.9. The van der Waals surface area contributed by atoms with Crippen molar-refractivity contribution in [3.8, 4) is 0 Å². The quantitative estimate of drug-likeness (QED) is 0.742. The molecule has 0 N–H and O–H groups in total. The Morgan fingerprint density at radius 3 is 2.56 bits per heavy atom. The summed E-state index contributed by atoms with van der Waals surface area (Å²) in [6.07, 6.45) is 11.0. The van der Waals surface area contributed by atoms with Crippen LogP contribution in [0.15, 0.2) is 0 Å². The van der Waals surface area contributed by atoms with E-state index < -0.39 is 0 Å². The molecule has 0 bridgehead atoms. The van der Waals surface area contributed by atoms with E-state index in [2.05, 4.69) is 23.6 Å². The van der Waals surface area contributed by atoms with Gasteiger partial charge in [0.1, 0.15) is 0 Å². The van der Waals surface area contributed by atoms with Crippen molar-refractivity contribution in [2.24, 2.45) is 11.8 Å². The Kier molecular flexibility index (Phi) is 3.95. The van der Waals surface area contributed by atoms with Crippen molar-refractivity contribution in [1.82, 2.24) is 9.80 Å². The molecule has 2 saturated heterocycles. The molecule has 0 aromatic carbocycles. The van der Waals surface area contributed by atoms with Gasteiger partial charge in [0.2, 0.25) is 0 Å². The van der Waals surface area contributed by atoms with Crippen LogP contribution in [0.2, 0.25) is 0 Å². The fourth-order valence-electron chi connectivity index (χ4n) is 4.54. The minimum Gasteiger partial charge on any atom is -0.286 e. The molecule has 0 radical (unpaired) electrons. The highest BCUT2D eigenvalue weighted by molar-refractivity contribution is 4.91. The molecule has 2 nitrogen and oxygen atoms in total. The molecule has 0 aromatic rings. The molecule has 0 spiro atoms. The van der Waals surface area contributed by atoms with Crippen LogP contribution in [0.3, 0.4) is 0 Å². The number of piperidine rings is 1. The Morgan fingerprint density at radius 1 is 0.944 bits per heavy atom. The van der Waals surface area contributed by atoms with Gasteiger partial charge in [-0.1, -0.05) is 26.2 Å². The Balaban J connectivity index is 1.63. The summed E-state index contributed by atoms with van der Waals surface area (Å²) >= 11 is 0. The number of hydrogen-bond donors (Lipinski definition) is 0. The van der Waals surface area contributed by atoms with Crippen molar-refractivity contribution < 1.29 is 0 Å². The lowest BCUT2D eigenvalue weighted by Crippen LogP contribution is -2.45. The van der Waals surface area contributed by atoms with Crippen molar-refractivity contribution in [2.45, 2.75) is 71.0 Å². The second kappa shape index (κ2) is 5.50. The van der Waals surface area contributed by atoms with Gasteiger partial charge in [-0.2, -0.15) is 0 Å². The third kappa shape index (κ3) is 2.46. The highest BCUT2D eigenvalue weighted by atomic mass is 15.4. The first-order valence-electron chi connectivity index (χ1n) is 8.25. The minimum absolute atomic E-state index is 0.794. The second-order valence-electron chi connectivity index (χ2n) is 7.04. The van der Waals surface area contributed by atoms with Crippen LogP contribution in [0.4, 0.5) is 0 Å². The molecule has 104 valence electrons. The van der Waals surface area contributed by atoms with Gasteiger partial charge in [-0.3, -0.25) is 9.80 Å². The topological polar surface area (TPSA) is 6.48 Å². The van der Waals surface area contributed by atoms with Gasteiger partial charge in [-0.25, -0.2) is 0 Å². The zero-order valence-corrected chi connectivity index (χ0v) is 12.3. The second-order valence-corrected chi connectivity index (χ2v) is 7.04. The third-order valence-electron chi connectivity index (χ3n) is 5.76. The largest absolute Gasteiger partial charge is 0.286 e. The van der Waals surface area contributed by atoms with Gasteiger partial charge in [-0.05, 0) is 51.0 Å². The lowest BCUT2D eigenvalue weighted by Gasteiger charge is -2.39. The van der Waals surface area contributed by atoms with Crippen LogP contribution in [0.5, 0.6) is 0 Å². The Morgan fingerprint density at radius 2 is 1.72 bits per heavy atom. The lowest BCUT2D eigenvalue weighted by molar-refractivity contribution is 0.0595. The van der Waals surface area contributed by atoms with Crippen LogP contribution >= 0.6 is 0 Å². The van der Waals surface area contributed by atoms with Crippen molar-refractivity contribution in [1.29, 1.82) is 0 Å². The summed E-state index contributed by atoms with van der Waals surface area (Å²) < 4.78 is 0. The molecule has 18 heavy (non-hydrogen) atoms. The highest BCUT2D eigenvalue weighted by Gasteiger charge is 2.39. The van der Waals surface area contributed by atoms with E-state index in [4.69, 9.17) is 0 Å². The fraction of sp³-hybridized carbons (Fsp3) is 1.00. The standard InChI is InChI=1S/C16H30N2/c1-13-7-3-4-8-15(13)12-18-14(2)11-17-10-6-5-9-16(17)18/h13-16H,3-12H2,1-2H3. The monoisotopic (exact) mass is 250 g/mol. The zero-order chi connectivity index (χ0) is 12.5. The maximum Gasteiger partial charge on any atom is 0.0625 e. The molecule has 2 heteroatoms. The Labute approximate surface area is 113 Å². The molecule has 2 aliphatic heterocycles. The summed E-state index contributed by atoms with van der Waals surface area (Å²) in [6.45, 7) is 9.00. The van der Waals surface area contributed by atoms with Gasteiger partial charge in [0.05, 0.1) is 6.17 Å². The molecule has 1 saturated carbocycles. The van der Waals surface area contributed by atoms with E-state index in [9.17, 15) is 0 Å². The summed E-state index contributed by atoms with van der Waals surface area (Å²) in [5.41, 5.74) is 0. The van der Waals surface area contributed by atoms with E-state index >= 15 is 0 Å². The van der Waals surface area contributed by atoms with Gasteiger partial charge in [0.15, 0.2) is 0 Å².